The summed E-state index contributed by atoms with van der Waals surface area (Å²) >= 11 is 0. The molecule has 5 heteroatoms. The van der Waals surface area contributed by atoms with Gasteiger partial charge in [-0.15, -0.1) is 0 Å². The minimum absolute atomic E-state index is 0.314. The molecule has 0 amide bonds. The fourth-order valence-electron chi connectivity index (χ4n) is 1.94. The monoisotopic (exact) mass is 224 g/mol. The first-order chi connectivity index (χ1) is 7.68. The maximum atomic E-state index is 6.13. The Kier molecular flexibility index (Phi) is 3.25. The van der Waals surface area contributed by atoms with Gasteiger partial charge < -0.3 is 10.3 Å². The van der Waals surface area contributed by atoms with Crippen molar-refractivity contribution in [2.45, 2.75) is 45.2 Å². The Labute approximate surface area is 96.0 Å². The van der Waals surface area contributed by atoms with Crippen molar-refractivity contribution < 1.29 is 4.52 Å². The number of aromatic nitrogens is 2. The molecule has 2 rings (SSSR count). The molecule has 0 radical (unpaired) electrons. The van der Waals surface area contributed by atoms with Crippen molar-refractivity contribution in [2.24, 2.45) is 5.73 Å². The van der Waals surface area contributed by atoms with Crippen LogP contribution in [0.5, 0.6) is 0 Å². The summed E-state index contributed by atoms with van der Waals surface area (Å²) in [4.78, 5) is 6.63. The molecule has 0 atom stereocenters. The number of rotatable bonds is 5. The predicted octanol–water partition coefficient (Wildman–Crippen LogP) is 1.25. The summed E-state index contributed by atoms with van der Waals surface area (Å²) in [5.41, 5.74) is 5.82. The van der Waals surface area contributed by atoms with Crippen LogP contribution < -0.4 is 5.73 Å². The fraction of sp³-hybridized carbons (Fsp3) is 0.818. The summed E-state index contributed by atoms with van der Waals surface area (Å²) in [6.45, 7) is 6.94. The second-order valence-electron chi connectivity index (χ2n) is 4.48. The van der Waals surface area contributed by atoms with Gasteiger partial charge in [0.1, 0.15) is 0 Å². The summed E-state index contributed by atoms with van der Waals surface area (Å²) in [7, 11) is 0. The van der Waals surface area contributed by atoms with Crippen molar-refractivity contribution in [3.05, 3.63) is 11.7 Å². The average Bonchev–Trinajstić information content (AvgIpc) is 2.71. The maximum Gasteiger partial charge on any atom is 0.240 e. The van der Waals surface area contributed by atoms with Gasteiger partial charge in [0.2, 0.25) is 5.89 Å². The van der Waals surface area contributed by atoms with Crippen LogP contribution in [0.4, 0.5) is 0 Å². The van der Waals surface area contributed by atoms with Gasteiger partial charge in [-0.05, 0) is 32.4 Å². The highest BCUT2D eigenvalue weighted by Crippen LogP contribution is 2.36. The summed E-state index contributed by atoms with van der Waals surface area (Å²) in [6.07, 6.45) is 3.10. The molecule has 0 unspecified atom stereocenters. The molecule has 90 valence electrons. The molecule has 1 heterocycles. The standard InChI is InChI=1S/C11H20N4O/c1-3-15(4-2)8-9-13-10(14-16-9)11(12)6-5-7-11/h3-8,12H2,1-2H3. The van der Waals surface area contributed by atoms with Crippen LogP contribution in [0.15, 0.2) is 4.52 Å². The molecule has 0 aliphatic heterocycles. The van der Waals surface area contributed by atoms with Gasteiger partial charge in [-0.3, -0.25) is 4.90 Å². The third-order valence-electron chi connectivity index (χ3n) is 3.41. The van der Waals surface area contributed by atoms with Gasteiger partial charge in [0.25, 0.3) is 0 Å². The first-order valence-corrected chi connectivity index (χ1v) is 6.02. The Morgan fingerprint density at radius 1 is 1.38 bits per heavy atom. The molecule has 1 aromatic rings. The van der Waals surface area contributed by atoms with E-state index in [-0.39, 0.29) is 5.54 Å². The summed E-state index contributed by atoms with van der Waals surface area (Å²) in [5, 5.41) is 3.99. The van der Waals surface area contributed by atoms with E-state index in [1.54, 1.807) is 0 Å². The predicted molar refractivity (Wildman–Crippen MR) is 60.6 cm³/mol. The van der Waals surface area contributed by atoms with Crippen molar-refractivity contribution in [3.8, 4) is 0 Å². The lowest BCUT2D eigenvalue weighted by atomic mass is 9.77. The van der Waals surface area contributed by atoms with Crippen LogP contribution in [-0.4, -0.2) is 28.1 Å². The first-order valence-electron chi connectivity index (χ1n) is 6.02. The number of hydrogen-bond donors (Lipinski definition) is 1. The van der Waals surface area contributed by atoms with E-state index in [0.29, 0.717) is 11.7 Å². The largest absolute Gasteiger partial charge is 0.338 e. The molecule has 0 aromatic carbocycles. The Bertz CT molecular complexity index is 342. The fourth-order valence-corrected chi connectivity index (χ4v) is 1.94. The molecule has 5 nitrogen and oxygen atoms in total. The lowest BCUT2D eigenvalue weighted by molar-refractivity contribution is 0.224. The van der Waals surface area contributed by atoms with Gasteiger partial charge in [0.15, 0.2) is 5.82 Å². The molecule has 0 saturated heterocycles. The lowest BCUT2D eigenvalue weighted by Crippen LogP contribution is -2.44. The van der Waals surface area contributed by atoms with Crippen molar-refractivity contribution >= 4 is 0 Å². The average molecular weight is 224 g/mol. The molecule has 16 heavy (non-hydrogen) atoms. The number of nitrogens with two attached hydrogens (primary N) is 1. The smallest absolute Gasteiger partial charge is 0.240 e. The highest BCUT2D eigenvalue weighted by Gasteiger charge is 2.38. The second-order valence-corrected chi connectivity index (χ2v) is 4.48. The zero-order valence-corrected chi connectivity index (χ0v) is 10.1. The van der Waals surface area contributed by atoms with E-state index < -0.39 is 0 Å². The van der Waals surface area contributed by atoms with Gasteiger partial charge in [-0.25, -0.2) is 0 Å². The molecule has 0 bridgehead atoms. The number of hydrogen-bond acceptors (Lipinski definition) is 5. The Hall–Kier alpha value is -0.940. The van der Waals surface area contributed by atoms with E-state index in [1.807, 2.05) is 0 Å². The topological polar surface area (TPSA) is 68.2 Å². The zero-order chi connectivity index (χ0) is 11.6. The highest BCUT2D eigenvalue weighted by molar-refractivity contribution is 5.08. The van der Waals surface area contributed by atoms with Crippen LogP contribution in [0.1, 0.15) is 44.8 Å². The molecule has 1 aromatic heterocycles. The third kappa shape index (κ3) is 2.10. The lowest BCUT2D eigenvalue weighted by Gasteiger charge is -2.34. The quantitative estimate of drug-likeness (QED) is 0.815. The van der Waals surface area contributed by atoms with Crippen molar-refractivity contribution in [1.29, 1.82) is 0 Å². The molecular weight excluding hydrogens is 204 g/mol. The molecular formula is C11H20N4O. The van der Waals surface area contributed by atoms with Crippen molar-refractivity contribution in [2.75, 3.05) is 13.1 Å². The minimum Gasteiger partial charge on any atom is -0.338 e. The maximum absolute atomic E-state index is 6.13. The van der Waals surface area contributed by atoms with Gasteiger partial charge >= 0.3 is 0 Å². The van der Waals surface area contributed by atoms with E-state index in [4.69, 9.17) is 10.3 Å². The normalized spacial score (nSPS) is 18.8. The molecule has 1 saturated carbocycles. The Balaban J connectivity index is 2.02. The van der Waals surface area contributed by atoms with Crippen LogP contribution in [0.3, 0.4) is 0 Å². The molecule has 1 fully saturated rings. The van der Waals surface area contributed by atoms with Crippen LogP contribution in [-0.2, 0) is 12.1 Å². The molecule has 0 spiro atoms. The van der Waals surface area contributed by atoms with Gasteiger partial charge in [-0.2, -0.15) is 4.98 Å². The van der Waals surface area contributed by atoms with E-state index in [1.165, 1.54) is 0 Å². The number of nitrogens with zero attached hydrogens (tertiary/aromatic N) is 3. The van der Waals surface area contributed by atoms with Crippen molar-refractivity contribution in [1.82, 2.24) is 15.0 Å². The summed E-state index contributed by atoms with van der Waals surface area (Å²) in [5.74, 6) is 1.36. The van der Waals surface area contributed by atoms with Crippen LogP contribution in [0, 0.1) is 0 Å². The van der Waals surface area contributed by atoms with Crippen molar-refractivity contribution in [3.63, 3.8) is 0 Å². The van der Waals surface area contributed by atoms with Gasteiger partial charge in [-0.1, -0.05) is 19.0 Å². The van der Waals surface area contributed by atoms with E-state index >= 15 is 0 Å². The second kappa shape index (κ2) is 4.51. The van der Waals surface area contributed by atoms with E-state index in [2.05, 4.69) is 28.9 Å². The Morgan fingerprint density at radius 3 is 2.56 bits per heavy atom. The highest BCUT2D eigenvalue weighted by atomic mass is 16.5. The van der Waals surface area contributed by atoms with Crippen LogP contribution >= 0.6 is 0 Å². The summed E-state index contributed by atoms with van der Waals surface area (Å²) < 4.78 is 5.24. The zero-order valence-electron chi connectivity index (χ0n) is 10.1. The van der Waals surface area contributed by atoms with E-state index in [9.17, 15) is 0 Å². The van der Waals surface area contributed by atoms with Crippen LogP contribution in [0.25, 0.3) is 0 Å². The van der Waals surface area contributed by atoms with Crippen LogP contribution in [0.2, 0.25) is 0 Å². The molecule has 1 aliphatic rings. The third-order valence-corrected chi connectivity index (χ3v) is 3.41. The van der Waals surface area contributed by atoms with Gasteiger partial charge in [0, 0.05) is 0 Å². The molecule has 2 N–H and O–H groups in total. The Morgan fingerprint density at radius 2 is 2.06 bits per heavy atom. The molecule has 1 aliphatic carbocycles. The SMILES string of the molecule is CCN(CC)Cc1nc(C2(N)CCC2)no1. The van der Waals surface area contributed by atoms with E-state index in [0.717, 1.165) is 38.9 Å². The van der Waals surface area contributed by atoms with Gasteiger partial charge in [0.05, 0.1) is 12.1 Å². The minimum atomic E-state index is -0.314. The summed E-state index contributed by atoms with van der Waals surface area (Å²) in [6, 6.07) is 0. The first kappa shape index (κ1) is 11.5.